The van der Waals surface area contributed by atoms with Gasteiger partial charge in [0.25, 0.3) is 0 Å². The lowest BCUT2D eigenvalue weighted by atomic mass is 10.2. The number of benzene rings is 1. The van der Waals surface area contributed by atoms with Gasteiger partial charge in [0, 0.05) is 46.0 Å². The summed E-state index contributed by atoms with van der Waals surface area (Å²) in [6.07, 6.45) is 1.59. The summed E-state index contributed by atoms with van der Waals surface area (Å²) in [6.45, 7) is 3.74. The largest absolute Gasteiger partial charge is 0.393 e. The third kappa shape index (κ3) is 2.77. The number of hydrogen-bond acceptors (Lipinski definition) is 6. The fourth-order valence-corrected chi connectivity index (χ4v) is 2.80. The first-order chi connectivity index (χ1) is 10.7. The molecule has 0 amide bonds. The fourth-order valence-electron chi connectivity index (χ4n) is 2.80. The van der Waals surface area contributed by atoms with E-state index in [0.717, 1.165) is 37.8 Å². The minimum Gasteiger partial charge on any atom is -0.393 e. The molecule has 0 radical (unpaired) electrons. The van der Waals surface area contributed by atoms with Crippen molar-refractivity contribution in [1.29, 1.82) is 0 Å². The van der Waals surface area contributed by atoms with Crippen molar-refractivity contribution in [1.82, 2.24) is 9.97 Å². The van der Waals surface area contributed by atoms with E-state index in [9.17, 15) is 0 Å². The molecule has 1 aromatic carbocycles. The predicted molar refractivity (Wildman–Crippen MR) is 91.6 cm³/mol. The van der Waals surface area contributed by atoms with Crippen molar-refractivity contribution in [2.45, 2.75) is 0 Å². The highest BCUT2D eigenvalue weighted by molar-refractivity contribution is 5.75. The number of rotatable bonds is 3. The van der Waals surface area contributed by atoms with E-state index in [0.29, 0.717) is 5.69 Å². The number of aromatic nitrogens is 2. The van der Waals surface area contributed by atoms with E-state index in [4.69, 9.17) is 5.73 Å². The Morgan fingerprint density at radius 1 is 0.955 bits per heavy atom. The summed E-state index contributed by atoms with van der Waals surface area (Å²) in [5.41, 5.74) is 8.16. The number of para-hydroxylation sites is 1. The van der Waals surface area contributed by atoms with Crippen molar-refractivity contribution < 1.29 is 0 Å². The van der Waals surface area contributed by atoms with Crippen molar-refractivity contribution in [3.05, 3.63) is 36.7 Å². The maximum atomic E-state index is 6.24. The second-order valence-corrected chi connectivity index (χ2v) is 5.64. The highest BCUT2D eigenvalue weighted by atomic mass is 15.3. The van der Waals surface area contributed by atoms with Crippen LogP contribution in [0.4, 0.5) is 23.0 Å². The van der Waals surface area contributed by atoms with Crippen LogP contribution in [-0.4, -0.2) is 50.2 Å². The van der Waals surface area contributed by atoms with Crippen molar-refractivity contribution in [3.8, 4) is 0 Å². The van der Waals surface area contributed by atoms with Crippen LogP contribution in [0.3, 0.4) is 0 Å². The van der Waals surface area contributed by atoms with Gasteiger partial charge in [-0.3, -0.25) is 0 Å². The zero-order valence-electron chi connectivity index (χ0n) is 13.1. The first-order valence-corrected chi connectivity index (χ1v) is 7.49. The van der Waals surface area contributed by atoms with E-state index in [1.165, 1.54) is 5.69 Å². The van der Waals surface area contributed by atoms with Gasteiger partial charge >= 0.3 is 0 Å². The molecule has 2 heterocycles. The first kappa shape index (κ1) is 14.4. The third-order valence-corrected chi connectivity index (χ3v) is 3.97. The molecule has 0 atom stereocenters. The summed E-state index contributed by atoms with van der Waals surface area (Å²) in [5, 5.41) is 0. The zero-order valence-corrected chi connectivity index (χ0v) is 13.1. The van der Waals surface area contributed by atoms with Gasteiger partial charge in [0.05, 0.1) is 0 Å². The monoisotopic (exact) mass is 298 g/mol. The average molecular weight is 298 g/mol. The maximum absolute atomic E-state index is 6.24. The second kappa shape index (κ2) is 6.09. The van der Waals surface area contributed by atoms with E-state index < -0.39 is 0 Å². The molecule has 3 rings (SSSR count). The molecular weight excluding hydrogens is 276 g/mol. The minimum atomic E-state index is 0.653. The third-order valence-electron chi connectivity index (χ3n) is 3.97. The molecule has 2 N–H and O–H groups in total. The second-order valence-electron chi connectivity index (χ2n) is 5.64. The standard InChI is InChI=1S/C16H22N6/c1-20(2)15-14(17)16(19-12-18-15)22-10-8-21(9-11-22)13-6-4-3-5-7-13/h3-7,12H,8-11,17H2,1-2H3. The Morgan fingerprint density at radius 3 is 2.23 bits per heavy atom. The fraction of sp³-hybridized carbons (Fsp3) is 0.375. The Hall–Kier alpha value is -2.50. The molecule has 1 saturated heterocycles. The van der Waals surface area contributed by atoms with Crippen LogP contribution in [0.2, 0.25) is 0 Å². The molecular formula is C16H22N6. The number of piperazine rings is 1. The molecule has 0 saturated carbocycles. The molecule has 1 aliphatic heterocycles. The lowest BCUT2D eigenvalue weighted by Crippen LogP contribution is -2.47. The molecule has 116 valence electrons. The number of hydrogen-bond donors (Lipinski definition) is 1. The number of nitrogens with two attached hydrogens (primary N) is 1. The molecule has 1 fully saturated rings. The van der Waals surface area contributed by atoms with Crippen LogP contribution in [0.1, 0.15) is 0 Å². The molecule has 6 nitrogen and oxygen atoms in total. The Labute approximate surface area is 131 Å². The highest BCUT2D eigenvalue weighted by Crippen LogP contribution is 2.28. The number of nitrogen functional groups attached to an aromatic ring is 1. The summed E-state index contributed by atoms with van der Waals surface area (Å²) in [6, 6.07) is 10.5. The minimum absolute atomic E-state index is 0.653. The highest BCUT2D eigenvalue weighted by Gasteiger charge is 2.21. The molecule has 1 aliphatic rings. The normalized spacial score (nSPS) is 15.0. The molecule has 1 aromatic heterocycles. The summed E-state index contributed by atoms with van der Waals surface area (Å²) < 4.78 is 0. The van der Waals surface area contributed by atoms with Gasteiger partial charge in [0.1, 0.15) is 12.0 Å². The van der Waals surface area contributed by atoms with Gasteiger partial charge in [0.2, 0.25) is 0 Å². The SMILES string of the molecule is CN(C)c1ncnc(N2CCN(c3ccccc3)CC2)c1N. The lowest BCUT2D eigenvalue weighted by molar-refractivity contribution is 0.647. The zero-order chi connectivity index (χ0) is 15.5. The van der Waals surface area contributed by atoms with Crippen LogP contribution in [0.5, 0.6) is 0 Å². The summed E-state index contributed by atoms with van der Waals surface area (Å²) in [7, 11) is 3.88. The van der Waals surface area contributed by atoms with Gasteiger partial charge in [-0.25, -0.2) is 9.97 Å². The van der Waals surface area contributed by atoms with E-state index in [-0.39, 0.29) is 0 Å². The summed E-state index contributed by atoms with van der Waals surface area (Å²) in [5.74, 6) is 1.61. The molecule has 0 unspecified atom stereocenters. The van der Waals surface area contributed by atoms with Gasteiger partial charge in [0.15, 0.2) is 11.6 Å². The van der Waals surface area contributed by atoms with Crippen LogP contribution < -0.4 is 20.4 Å². The van der Waals surface area contributed by atoms with E-state index in [2.05, 4.69) is 44.0 Å². The predicted octanol–water partition coefficient (Wildman–Crippen LogP) is 1.45. The van der Waals surface area contributed by atoms with Gasteiger partial charge in [-0.15, -0.1) is 0 Å². The van der Waals surface area contributed by atoms with Gasteiger partial charge in [-0.1, -0.05) is 18.2 Å². The van der Waals surface area contributed by atoms with Crippen molar-refractivity contribution in [2.24, 2.45) is 0 Å². The van der Waals surface area contributed by atoms with E-state index >= 15 is 0 Å². The van der Waals surface area contributed by atoms with Crippen LogP contribution in [0.15, 0.2) is 36.7 Å². The van der Waals surface area contributed by atoms with Crippen LogP contribution in [-0.2, 0) is 0 Å². The summed E-state index contributed by atoms with van der Waals surface area (Å²) in [4.78, 5) is 15.2. The van der Waals surface area contributed by atoms with Crippen LogP contribution >= 0.6 is 0 Å². The number of nitrogens with zero attached hydrogens (tertiary/aromatic N) is 5. The smallest absolute Gasteiger partial charge is 0.157 e. The molecule has 2 aromatic rings. The molecule has 0 spiro atoms. The van der Waals surface area contributed by atoms with E-state index in [1.54, 1.807) is 6.33 Å². The average Bonchev–Trinajstić information content (AvgIpc) is 2.56. The van der Waals surface area contributed by atoms with Crippen LogP contribution in [0, 0.1) is 0 Å². The van der Waals surface area contributed by atoms with Gasteiger partial charge in [-0.2, -0.15) is 0 Å². The lowest BCUT2D eigenvalue weighted by Gasteiger charge is -2.37. The van der Waals surface area contributed by atoms with Crippen molar-refractivity contribution in [3.63, 3.8) is 0 Å². The molecule has 0 bridgehead atoms. The number of anilines is 4. The quantitative estimate of drug-likeness (QED) is 0.925. The Balaban J connectivity index is 1.73. The van der Waals surface area contributed by atoms with E-state index in [1.807, 2.05) is 25.1 Å². The van der Waals surface area contributed by atoms with Crippen molar-refractivity contribution in [2.75, 3.05) is 60.7 Å². The molecule has 0 aliphatic carbocycles. The Morgan fingerprint density at radius 2 is 1.59 bits per heavy atom. The Kier molecular flexibility index (Phi) is 4.00. The topological polar surface area (TPSA) is 61.5 Å². The van der Waals surface area contributed by atoms with Crippen molar-refractivity contribution >= 4 is 23.0 Å². The van der Waals surface area contributed by atoms with Crippen LogP contribution in [0.25, 0.3) is 0 Å². The Bertz CT molecular complexity index is 620. The molecule has 6 heteroatoms. The first-order valence-electron chi connectivity index (χ1n) is 7.49. The maximum Gasteiger partial charge on any atom is 0.157 e. The van der Waals surface area contributed by atoms with Gasteiger partial charge in [-0.05, 0) is 12.1 Å². The molecule has 22 heavy (non-hydrogen) atoms. The summed E-state index contributed by atoms with van der Waals surface area (Å²) >= 11 is 0. The van der Waals surface area contributed by atoms with Gasteiger partial charge < -0.3 is 20.4 Å².